The van der Waals surface area contributed by atoms with Crippen molar-refractivity contribution >= 4 is 35.6 Å². The van der Waals surface area contributed by atoms with E-state index in [4.69, 9.17) is 0 Å². The number of fused-ring (bicyclic) bond motifs is 1. The number of urea groups is 1. The summed E-state index contributed by atoms with van der Waals surface area (Å²) in [5.74, 6) is 1.39. The second-order valence-corrected chi connectivity index (χ2v) is 6.92. The highest BCUT2D eigenvalue weighted by molar-refractivity contribution is 6.14. The average molecular weight is 354 g/mol. The zero-order valence-corrected chi connectivity index (χ0v) is 14.0. The Labute approximate surface area is 148 Å². The Balaban J connectivity index is 1.53. The van der Waals surface area contributed by atoms with Crippen molar-refractivity contribution in [3.05, 3.63) is 17.5 Å². The molecule has 1 saturated heterocycles. The lowest BCUT2D eigenvalue weighted by Gasteiger charge is -2.10. The molecule has 2 aromatic rings. The van der Waals surface area contributed by atoms with Gasteiger partial charge in [-0.1, -0.05) is 0 Å². The van der Waals surface area contributed by atoms with Crippen LogP contribution in [0.25, 0.3) is 11.7 Å². The highest BCUT2D eigenvalue weighted by Gasteiger charge is 2.26. The van der Waals surface area contributed by atoms with E-state index in [1.807, 2.05) is 0 Å². The van der Waals surface area contributed by atoms with Gasteiger partial charge in [-0.05, 0) is 37.7 Å². The monoisotopic (exact) mass is 354 g/mol. The molecule has 10 nitrogen and oxygen atoms in total. The molecule has 2 aliphatic carbocycles. The number of hydrogen-bond acceptors (Lipinski definition) is 7. The highest BCUT2D eigenvalue weighted by Crippen LogP contribution is 2.29. The van der Waals surface area contributed by atoms with E-state index >= 15 is 0 Å². The van der Waals surface area contributed by atoms with Gasteiger partial charge in [-0.2, -0.15) is 19.6 Å². The van der Waals surface area contributed by atoms with Crippen molar-refractivity contribution in [2.24, 2.45) is 5.92 Å². The molecule has 3 aliphatic rings. The minimum atomic E-state index is -0.532. The van der Waals surface area contributed by atoms with Gasteiger partial charge in [-0.3, -0.25) is 10.1 Å². The molecule has 0 unspecified atom stereocenters. The van der Waals surface area contributed by atoms with Crippen molar-refractivity contribution in [3.8, 4) is 0 Å². The van der Waals surface area contributed by atoms with Crippen molar-refractivity contribution in [1.82, 2.24) is 30.2 Å². The number of rotatable bonds is 6. The van der Waals surface area contributed by atoms with E-state index in [9.17, 15) is 9.59 Å². The third kappa shape index (κ3) is 2.93. The first-order valence-electron chi connectivity index (χ1n) is 8.76. The summed E-state index contributed by atoms with van der Waals surface area (Å²) >= 11 is 0. The maximum absolute atomic E-state index is 11.8. The van der Waals surface area contributed by atoms with Crippen LogP contribution in [0, 0.1) is 5.92 Å². The van der Waals surface area contributed by atoms with Crippen LogP contribution in [0.2, 0.25) is 0 Å². The van der Waals surface area contributed by atoms with Crippen molar-refractivity contribution in [2.45, 2.75) is 31.7 Å². The number of carbonyl (C=O) groups excluding carboxylic acids is 2. The summed E-state index contributed by atoms with van der Waals surface area (Å²) in [6.07, 6.45) is 7.88. The van der Waals surface area contributed by atoms with E-state index in [-0.39, 0.29) is 5.70 Å². The summed E-state index contributed by atoms with van der Waals surface area (Å²) in [7, 11) is 0. The minimum Gasteiger partial charge on any atom is -0.354 e. The summed E-state index contributed by atoms with van der Waals surface area (Å²) in [6, 6.07) is -0.120. The Morgan fingerprint density at radius 1 is 1.19 bits per heavy atom. The van der Waals surface area contributed by atoms with Crippen molar-refractivity contribution in [2.75, 3.05) is 17.2 Å². The van der Waals surface area contributed by atoms with Gasteiger partial charge in [0.1, 0.15) is 5.70 Å². The second-order valence-electron chi connectivity index (χ2n) is 6.92. The summed E-state index contributed by atoms with van der Waals surface area (Å²) in [6.45, 7) is 0.849. The van der Waals surface area contributed by atoms with E-state index < -0.39 is 11.9 Å². The Bertz CT molecular complexity index is 941. The number of imide groups is 1. The summed E-state index contributed by atoms with van der Waals surface area (Å²) in [5, 5.41) is 15.7. The number of hydrogen-bond donors (Lipinski definition) is 4. The smallest absolute Gasteiger partial charge is 0.326 e. The molecular weight excluding hydrogens is 336 g/mol. The minimum absolute atomic E-state index is 0.174. The molecule has 4 N–H and O–H groups in total. The van der Waals surface area contributed by atoms with Crippen LogP contribution in [0.3, 0.4) is 0 Å². The largest absolute Gasteiger partial charge is 0.354 e. The van der Waals surface area contributed by atoms with Gasteiger partial charge in [-0.15, -0.1) is 0 Å². The number of nitrogens with one attached hydrogen (secondary N) is 4. The molecule has 0 bridgehead atoms. The number of amides is 3. The normalized spacial score (nSPS) is 21.2. The van der Waals surface area contributed by atoms with Gasteiger partial charge in [0, 0.05) is 18.2 Å². The fourth-order valence-corrected chi connectivity index (χ4v) is 2.77. The van der Waals surface area contributed by atoms with E-state index in [2.05, 4.69) is 36.3 Å². The van der Waals surface area contributed by atoms with Crippen LogP contribution in [-0.2, 0) is 4.79 Å². The van der Waals surface area contributed by atoms with Gasteiger partial charge in [-0.25, -0.2) is 4.79 Å². The number of carbonyl (C=O) groups is 2. The zero-order chi connectivity index (χ0) is 17.7. The van der Waals surface area contributed by atoms with Gasteiger partial charge in [0.25, 0.3) is 5.91 Å². The molecule has 0 spiro atoms. The van der Waals surface area contributed by atoms with Crippen LogP contribution in [-0.4, -0.2) is 44.1 Å². The Morgan fingerprint density at radius 3 is 2.73 bits per heavy atom. The molecule has 26 heavy (non-hydrogen) atoms. The summed E-state index contributed by atoms with van der Waals surface area (Å²) < 4.78 is 1.63. The van der Waals surface area contributed by atoms with E-state index in [0.717, 1.165) is 19.4 Å². The highest BCUT2D eigenvalue weighted by atomic mass is 16.2. The fraction of sp³-hybridized carbons (Fsp3) is 0.438. The van der Waals surface area contributed by atoms with Crippen LogP contribution in [0.4, 0.5) is 16.7 Å². The number of aromatic nitrogens is 4. The van der Waals surface area contributed by atoms with E-state index in [1.54, 1.807) is 16.8 Å². The van der Waals surface area contributed by atoms with Gasteiger partial charge in [0.2, 0.25) is 11.9 Å². The molecule has 0 aromatic carbocycles. The standard InChI is InChI=1S/C16H18N8O2/c25-13-11(20-16(26)22-13)5-9-7-18-24-12(9)21-14(17-6-8-1-2-8)23-15(24)19-10-3-4-10/h5,7-8,10H,1-4,6H2,(H2,17,19,21,23)(H2,20,22,25,26)/b11-5-. The molecule has 0 radical (unpaired) electrons. The third-order valence-corrected chi connectivity index (χ3v) is 4.57. The van der Waals surface area contributed by atoms with E-state index in [0.29, 0.717) is 35.1 Å². The topological polar surface area (TPSA) is 125 Å². The van der Waals surface area contributed by atoms with Crippen molar-refractivity contribution < 1.29 is 9.59 Å². The van der Waals surface area contributed by atoms with Gasteiger partial charge in [0.05, 0.1) is 6.20 Å². The molecule has 134 valence electrons. The maximum Gasteiger partial charge on any atom is 0.326 e. The van der Waals surface area contributed by atoms with Crippen LogP contribution < -0.4 is 21.3 Å². The molecule has 2 saturated carbocycles. The van der Waals surface area contributed by atoms with Crippen molar-refractivity contribution in [3.63, 3.8) is 0 Å². The first-order valence-corrected chi connectivity index (χ1v) is 8.76. The SMILES string of the molecule is O=C1NC(=O)/C(=C/c2cnn3c(NC4CC4)nc(NCC4CC4)nc23)N1. The fourth-order valence-electron chi connectivity index (χ4n) is 2.77. The van der Waals surface area contributed by atoms with Crippen LogP contribution in [0.1, 0.15) is 31.2 Å². The predicted molar refractivity (Wildman–Crippen MR) is 93.3 cm³/mol. The predicted octanol–water partition coefficient (Wildman–Crippen LogP) is 0.701. The first kappa shape index (κ1) is 15.1. The average Bonchev–Trinajstić information content (AvgIpc) is 3.52. The summed E-state index contributed by atoms with van der Waals surface area (Å²) in [5.41, 5.74) is 1.38. The van der Waals surface area contributed by atoms with Crippen molar-refractivity contribution in [1.29, 1.82) is 0 Å². The lowest BCUT2D eigenvalue weighted by atomic mass is 10.2. The quantitative estimate of drug-likeness (QED) is 0.444. The molecule has 5 rings (SSSR count). The molecule has 3 amide bonds. The van der Waals surface area contributed by atoms with Gasteiger partial charge in [0.15, 0.2) is 5.65 Å². The Hall–Kier alpha value is -3.17. The Morgan fingerprint density at radius 2 is 2.04 bits per heavy atom. The Kier molecular flexibility index (Phi) is 3.30. The maximum atomic E-state index is 11.8. The van der Waals surface area contributed by atoms with E-state index in [1.165, 1.54) is 12.8 Å². The molecule has 3 heterocycles. The lowest BCUT2D eigenvalue weighted by Crippen LogP contribution is -2.22. The molecule has 0 atom stereocenters. The zero-order valence-electron chi connectivity index (χ0n) is 14.0. The van der Waals surface area contributed by atoms with Gasteiger partial charge >= 0.3 is 6.03 Å². The van der Waals surface area contributed by atoms with Crippen LogP contribution in [0.5, 0.6) is 0 Å². The number of nitrogens with zero attached hydrogens (tertiary/aromatic N) is 4. The molecule has 10 heteroatoms. The number of anilines is 2. The van der Waals surface area contributed by atoms with Crippen LogP contribution in [0.15, 0.2) is 11.9 Å². The molecule has 3 fully saturated rings. The third-order valence-electron chi connectivity index (χ3n) is 4.57. The lowest BCUT2D eigenvalue weighted by molar-refractivity contribution is -0.115. The first-order chi connectivity index (χ1) is 12.7. The molecule has 2 aromatic heterocycles. The second kappa shape index (κ2) is 5.68. The van der Waals surface area contributed by atoms with Gasteiger partial charge < -0.3 is 16.0 Å². The molecular formula is C16H18N8O2. The van der Waals surface area contributed by atoms with Crippen LogP contribution >= 0.6 is 0 Å². The molecule has 1 aliphatic heterocycles. The summed E-state index contributed by atoms with van der Waals surface area (Å²) in [4.78, 5) is 32.2.